The van der Waals surface area contributed by atoms with Crippen LogP contribution in [-0.4, -0.2) is 0 Å². The fraction of sp³-hybridized carbons (Fsp3) is 0.400. The van der Waals surface area contributed by atoms with Gasteiger partial charge in [0.2, 0.25) is 0 Å². The molecule has 1 unspecified atom stereocenters. The lowest BCUT2D eigenvalue weighted by Crippen LogP contribution is -2.26. The SMILES string of the molecule is CC(C)(C#N)CC(c1cccc2ccccc12)C(C)(C)C#N. The van der Waals surface area contributed by atoms with Crippen LogP contribution in [-0.2, 0) is 0 Å². The van der Waals surface area contributed by atoms with Crippen molar-refractivity contribution in [3.63, 3.8) is 0 Å². The molecule has 1 atom stereocenters. The van der Waals surface area contributed by atoms with Gasteiger partial charge in [0, 0.05) is 5.92 Å². The third kappa shape index (κ3) is 3.12. The summed E-state index contributed by atoms with van der Waals surface area (Å²) in [6, 6.07) is 19.3. The van der Waals surface area contributed by atoms with Crippen molar-refractivity contribution in [2.75, 3.05) is 0 Å². The molecule has 0 aliphatic carbocycles. The molecule has 0 amide bonds. The van der Waals surface area contributed by atoms with E-state index in [0.717, 1.165) is 5.56 Å². The van der Waals surface area contributed by atoms with Crippen LogP contribution in [0.1, 0.15) is 45.6 Å². The summed E-state index contributed by atoms with van der Waals surface area (Å²) in [5.41, 5.74) is 0.168. The average Bonchev–Trinajstić information content (AvgIpc) is 2.52. The largest absolute Gasteiger partial charge is 0.198 e. The number of benzene rings is 2. The van der Waals surface area contributed by atoms with Gasteiger partial charge in [-0.3, -0.25) is 0 Å². The van der Waals surface area contributed by atoms with Gasteiger partial charge in [-0.2, -0.15) is 10.5 Å². The summed E-state index contributed by atoms with van der Waals surface area (Å²) < 4.78 is 0. The average molecular weight is 290 g/mol. The second-order valence-electron chi connectivity index (χ2n) is 7.15. The first-order chi connectivity index (χ1) is 10.3. The summed E-state index contributed by atoms with van der Waals surface area (Å²) >= 11 is 0. The van der Waals surface area contributed by atoms with Crippen LogP contribution in [0.15, 0.2) is 42.5 Å². The molecule has 0 aliphatic rings. The molecule has 0 saturated carbocycles. The van der Waals surface area contributed by atoms with Crippen LogP contribution in [0.3, 0.4) is 0 Å². The van der Waals surface area contributed by atoms with Gasteiger partial charge in [-0.25, -0.2) is 0 Å². The highest BCUT2D eigenvalue weighted by Crippen LogP contribution is 2.45. The number of hydrogen-bond acceptors (Lipinski definition) is 2. The summed E-state index contributed by atoms with van der Waals surface area (Å²) in [7, 11) is 0. The molecule has 0 N–H and O–H groups in total. The molecule has 0 saturated heterocycles. The standard InChI is InChI=1S/C20H22N2/c1-19(2,13-21)12-18(20(3,4)14-22)17-11-7-9-15-8-5-6-10-16(15)17/h5-11,18H,12H2,1-4H3. The van der Waals surface area contributed by atoms with E-state index in [4.69, 9.17) is 0 Å². The minimum atomic E-state index is -0.530. The van der Waals surface area contributed by atoms with Gasteiger partial charge in [0.25, 0.3) is 0 Å². The summed E-state index contributed by atoms with van der Waals surface area (Å²) in [6.45, 7) is 7.82. The first-order valence-corrected chi connectivity index (χ1v) is 7.61. The van der Waals surface area contributed by atoms with Crippen molar-refractivity contribution >= 4 is 10.8 Å². The molecule has 112 valence electrons. The van der Waals surface area contributed by atoms with E-state index in [9.17, 15) is 10.5 Å². The summed E-state index contributed by atoms with van der Waals surface area (Å²) in [5, 5.41) is 21.4. The Morgan fingerprint density at radius 1 is 0.909 bits per heavy atom. The van der Waals surface area contributed by atoms with Crippen LogP contribution in [0.5, 0.6) is 0 Å². The molecular weight excluding hydrogens is 268 g/mol. The predicted octanol–water partition coefficient (Wildman–Crippen LogP) is 5.41. The molecule has 0 aromatic heterocycles. The maximum atomic E-state index is 9.63. The molecule has 0 aliphatic heterocycles. The predicted molar refractivity (Wildman–Crippen MR) is 90.1 cm³/mol. The second kappa shape index (κ2) is 5.82. The molecule has 2 aromatic carbocycles. The Kier molecular flexibility index (Phi) is 4.25. The number of nitrogens with zero attached hydrogens (tertiary/aromatic N) is 2. The highest BCUT2D eigenvalue weighted by molar-refractivity contribution is 5.86. The second-order valence-corrected chi connectivity index (χ2v) is 7.15. The number of rotatable bonds is 4. The molecule has 0 spiro atoms. The van der Waals surface area contributed by atoms with Crippen LogP contribution in [0.2, 0.25) is 0 Å². The van der Waals surface area contributed by atoms with Gasteiger partial charge in [-0.05, 0) is 50.5 Å². The third-order valence-electron chi connectivity index (χ3n) is 4.38. The summed E-state index contributed by atoms with van der Waals surface area (Å²) in [5.74, 6) is 0.0123. The van der Waals surface area contributed by atoms with Crippen molar-refractivity contribution in [1.29, 1.82) is 10.5 Å². The molecule has 2 aromatic rings. The smallest absolute Gasteiger partial charge is 0.0690 e. The zero-order chi connectivity index (χ0) is 16.4. The van der Waals surface area contributed by atoms with Crippen LogP contribution in [0, 0.1) is 33.5 Å². The molecule has 0 radical (unpaired) electrons. The number of hydrogen-bond donors (Lipinski definition) is 0. The van der Waals surface area contributed by atoms with Gasteiger partial charge in [-0.1, -0.05) is 42.5 Å². The van der Waals surface area contributed by atoms with E-state index >= 15 is 0 Å². The number of fused-ring (bicyclic) bond motifs is 1. The first kappa shape index (κ1) is 16.1. The lowest BCUT2D eigenvalue weighted by molar-refractivity contribution is 0.292. The maximum absolute atomic E-state index is 9.63. The van der Waals surface area contributed by atoms with Gasteiger partial charge in [0.05, 0.1) is 23.0 Å². The third-order valence-corrected chi connectivity index (χ3v) is 4.38. The quantitative estimate of drug-likeness (QED) is 0.755. The zero-order valence-electron chi connectivity index (χ0n) is 13.7. The molecule has 0 fully saturated rings. The molecule has 0 bridgehead atoms. The van der Waals surface area contributed by atoms with Crippen LogP contribution in [0.25, 0.3) is 10.8 Å². The maximum Gasteiger partial charge on any atom is 0.0690 e. The summed E-state index contributed by atoms with van der Waals surface area (Å²) in [6.07, 6.45) is 0.665. The minimum Gasteiger partial charge on any atom is -0.198 e. The lowest BCUT2D eigenvalue weighted by Gasteiger charge is -2.33. The van der Waals surface area contributed by atoms with Crippen LogP contribution in [0.4, 0.5) is 0 Å². The van der Waals surface area contributed by atoms with E-state index in [1.165, 1.54) is 10.8 Å². The topological polar surface area (TPSA) is 47.6 Å². The van der Waals surface area contributed by atoms with E-state index < -0.39 is 10.8 Å². The molecule has 22 heavy (non-hydrogen) atoms. The van der Waals surface area contributed by atoms with Crippen molar-refractivity contribution in [2.24, 2.45) is 10.8 Å². The van der Waals surface area contributed by atoms with E-state index in [1.54, 1.807) is 0 Å². The molecule has 2 rings (SSSR count). The van der Waals surface area contributed by atoms with E-state index in [0.29, 0.717) is 6.42 Å². The highest BCUT2D eigenvalue weighted by atomic mass is 14.4. The van der Waals surface area contributed by atoms with Crippen molar-refractivity contribution in [2.45, 2.75) is 40.0 Å². The Morgan fingerprint density at radius 3 is 2.18 bits per heavy atom. The van der Waals surface area contributed by atoms with Crippen molar-refractivity contribution < 1.29 is 0 Å². The number of nitriles is 2. The fourth-order valence-electron chi connectivity index (χ4n) is 2.94. The van der Waals surface area contributed by atoms with E-state index in [2.05, 4.69) is 36.4 Å². The van der Waals surface area contributed by atoms with Gasteiger partial charge in [-0.15, -0.1) is 0 Å². The van der Waals surface area contributed by atoms with Crippen molar-refractivity contribution in [1.82, 2.24) is 0 Å². The Morgan fingerprint density at radius 2 is 1.55 bits per heavy atom. The Labute approximate surface area is 133 Å². The van der Waals surface area contributed by atoms with Crippen molar-refractivity contribution in [3.8, 4) is 12.1 Å². The normalized spacial score (nSPS) is 13.4. The summed E-state index contributed by atoms with van der Waals surface area (Å²) in [4.78, 5) is 0. The molecular formula is C20H22N2. The van der Waals surface area contributed by atoms with Crippen molar-refractivity contribution in [3.05, 3.63) is 48.0 Å². The van der Waals surface area contributed by atoms with Gasteiger partial charge in [0.1, 0.15) is 0 Å². The van der Waals surface area contributed by atoms with E-state index in [1.807, 2.05) is 45.9 Å². The van der Waals surface area contributed by atoms with Gasteiger partial charge in [0.15, 0.2) is 0 Å². The Hall–Kier alpha value is -2.32. The minimum absolute atomic E-state index is 0.0123. The molecule has 2 heteroatoms. The Balaban J connectivity index is 2.63. The van der Waals surface area contributed by atoms with Crippen LogP contribution >= 0.6 is 0 Å². The molecule has 2 nitrogen and oxygen atoms in total. The van der Waals surface area contributed by atoms with E-state index in [-0.39, 0.29) is 5.92 Å². The zero-order valence-corrected chi connectivity index (χ0v) is 13.7. The fourth-order valence-corrected chi connectivity index (χ4v) is 2.94. The first-order valence-electron chi connectivity index (χ1n) is 7.61. The van der Waals surface area contributed by atoms with Gasteiger partial charge >= 0.3 is 0 Å². The monoisotopic (exact) mass is 290 g/mol. The lowest BCUT2D eigenvalue weighted by atomic mass is 9.68. The Bertz CT molecular complexity index is 752. The highest BCUT2D eigenvalue weighted by Gasteiger charge is 2.36. The molecule has 0 heterocycles. The van der Waals surface area contributed by atoms with Crippen LogP contribution < -0.4 is 0 Å². The van der Waals surface area contributed by atoms with Gasteiger partial charge < -0.3 is 0 Å².